The number of nitrogens with zero attached hydrogens (tertiary/aromatic N) is 1. The van der Waals surface area contributed by atoms with Gasteiger partial charge in [0, 0.05) is 10.0 Å². The van der Waals surface area contributed by atoms with E-state index in [0.29, 0.717) is 0 Å². The van der Waals surface area contributed by atoms with E-state index in [1.54, 1.807) is 11.3 Å². The van der Waals surface area contributed by atoms with Gasteiger partial charge in [-0.05, 0) is 13.0 Å². The van der Waals surface area contributed by atoms with Crippen molar-refractivity contribution in [1.29, 1.82) is 0 Å². The molecule has 4 heteroatoms. The normalized spacial score (nSPS) is 10.5. The third-order valence-electron chi connectivity index (χ3n) is 1.88. The third kappa shape index (κ3) is 1.87. The predicted molar refractivity (Wildman–Crippen MR) is 67.2 cm³/mol. The molecule has 0 saturated heterocycles. The van der Waals surface area contributed by atoms with Gasteiger partial charge in [0.1, 0.15) is 5.01 Å². The summed E-state index contributed by atoms with van der Waals surface area (Å²) in [7, 11) is 0. The smallest absolute Gasteiger partial charge is 0.125 e. The Morgan fingerprint density at radius 3 is 2.64 bits per heavy atom. The average molecular weight is 286 g/mol. The van der Waals surface area contributed by atoms with E-state index >= 15 is 0 Å². The van der Waals surface area contributed by atoms with Crippen LogP contribution in [0.25, 0.3) is 10.6 Å². The summed E-state index contributed by atoms with van der Waals surface area (Å²) in [5, 5.41) is 1.01. The second-order valence-electron chi connectivity index (χ2n) is 2.89. The minimum atomic E-state index is 0.982. The van der Waals surface area contributed by atoms with Gasteiger partial charge in [-0.2, -0.15) is 0 Å². The number of benzene rings is 1. The number of halogens is 1. The first-order valence-corrected chi connectivity index (χ1v) is 6.15. The molecule has 0 amide bonds. The molecule has 0 unspecified atom stereocenters. The Labute approximate surface area is 101 Å². The maximum Gasteiger partial charge on any atom is 0.125 e. The quantitative estimate of drug-likeness (QED) is 0.776. The lowest BCUT2D eigenvalue weighted by atomic mass is 10.2. The van der Waals surface area contributed by atoms with Gasteiger partial charge in [-0.15, -0.1) is 24.0 Å². The fourth-order valence-corrected chi connectivity index (χ4v) is 2.90. The van der Waals surface area contributed by atoms with Crippen molar-refractivity contribution in [3.05, 3.63) is 34.4 Å². The van der Waals surface area contributed by atoms with Crippen LogP contribution in [0.15, 0.2) is 32.9 Å². The van der Waals surface area contributed by atoms with Crippen LogP contribution < -0.4 is 0 Å². The van der Waals surface area contributed by atoms with Crippen molar-refractivity contribution in [3.63, 3.8) is 0 Å². The van der Waals surface area contributed by atoms with Crippen LogP contribution in [0.1, 0.15) is 5.69 Å². The lowest BCUT2D eigenvalue weighted by Crippen LogP contribution is -1.78. The van der Waals surface area contributed by atoms with Crippen LogP contribution >= 0.6 is 39.9 Å². The highest BCUT2D eigenvalue weighted by molar-refractivity contribution is 9.10. The minimum absolute atomic E-state index is 0.982. The fourth-order valence-electron chi connectivity index (χ4n) is 1.14. The molecular weight excluding hydrogens is 278 g/mol. The predicted octanol–water partition coefficient (Wildman–Crippen LogP) is 4.17. The van der Waals surface area contributed by atoms with E-state index in [0.717, 1.165) is 24.9 Å². The lowest BCUT2D eigenvalue weighted by Gasteiger charge is -1.98. The summed E-state index contributed by atoms with van der Waals surface area (Å²) in [6.45, 7) is 1.97. The fraction of sp³-hybridized carbons (Fsp3) is 0.100. The molecule has 0 saturated carbocycles. The standard InChI is InChI=1S/C10H8BrNS2/c1-6-10(13)14-9(12-6)7-4-2-3-5-8(7)11/h2-5,13H,1H3. The molecule has 0 N–H and O–H groups in total. The summed E-state index contributed by atoms with van der Waals surface area (Å²) < 4.78 is 2.05. The number of aromatic nitrogens is 1. The number of aryl methyl sites for hydroxylation is 1. The van der Waals surface area contributed by atoms with Gasteiger partial charge in [-0.25, -0.2) is 4.98 Å². The second-order valence-corrected chi connectivity index (χ2v) is 5.49. The molecule has 1 heterocycles. The van der Waals surface area contributed by atoms with E-state index in [4.69, 9.17) is 0 Å². The first kappa shape index (κ1) is 10.2. The van der Waals surface area contributed by atoms with E-state index in [9.17, 15) is 0 Å². The SMILES string of the molecule is Cc1nc(-c2ccccc2Br)sc1S. The molecule has 14 heavy (non-hydrogen) atoms. The van der Waals surface area contributed by atoms with Crippen molar-refractivity contribution in [1.82, 2.24) is 4.98 Å². The molecule has 1 aromatic heterocycles. The topological polar surface area (TPSA) is 12.9 Å². The maximum atomic E-state index is 4.45. The van der Waals surface area contributed by atoms with Crippen LogP contribution in [-0.4, -0.2) is 4.98 Å². The number of thiazole rings is 1. The molecule has 72 valence electrons. The van der Waals surface area contributed by atoms with Gasteiger partial charge in [0.05, 0.1) is 9.90 Å². The lowest BCUT2D eigenvalue weighted by molar-refractivity contribution is 1.21. The van der Waals surface area contributed by atoms with Gasteiger partial charge in [0.25, 0.3) is 0 Å². The summed E-state index contributed by atoms with van der Waals surface area (Å²) in [5.74, 6) is 0. The van der Waals surface area contributed by atoms with Gasteiger partial charge >= 0.3 is 0 Å². The average Bonchev–Trinajstić information content (AvgIpc) is 2.48. The van der Waals surface area contributed by atoms with Crippen LogP contribution in [0.2, 0.25) is 0 Å². The molecule has 2 aromatic rings. The second kappa shape index (κ2) is 4.04. The first-order valence-electron chi connectivity index (χ1n) is 4.10. The Balaban J connectivity index is 2.55. The van der Waals surface area contributed by atoms with E-state index < -0.39 is 0 Å². The largest absolute Gasteiger partial charge is 0.240 e. The van der Waals surface area contributed by atoms with Crippen molar-refractivity contribution >= 4 is 39.9 Å². The van der Waals surface area contributed by atoms with Gasteiger partial charge in [-0.1, -0.05) is 34.1 Å². The van der Waals surface area contributed by atoms with Crippen molar-refractivity contribution < 1.29 is 0 Å². The van der Waals surface area contributed by atoms with E-state index in [1.165, 1.54) is 0 Å². The third-order valence-corrected chi connectivity index (χ3v) is 4.16. The van der Waals surface area contributed by atoms with Crippen molar-refractivity contribution in [3.8, 4) is 10.6 Å². The molecule has 0 aliphatic carbocycles. The highest BCUT2D eigenvalue weighted by Gasteiger charge is 2.08. The Kier molecular flexibility index (Phi) is 2.95. The van der Waals surface area contributed by atoms with Gasteiger partial charge in [0.2, 0.25) is 0 Å². The van der Waals surface area contributed by atoms with Gasteiger partial charge in [-0.3, -0.25) is 0 Å². The van der Waals surface area contributed by atoms with Crippen LogP contribution in [-0.2, 0) is 0 Å². The minimum Gasteiger partial charge on any atom is -0.240 e. The molecule has 0 radical (unpaired) electrons. The maximum absolute atomic E-state index is 4.45. The highest BCUT2D eigenvalue weighted by Crippen LogP contribution is 2.34. The van der Waals surface area contributed by atoms with Crippen LogP contribution in [0, 0.1) is 6.92 Å². The Morgan fingerprint density at radius 2 is 2.07 bits per heavy atom. The van der Waals surface area contributed by atoms with Crippen molar-refractivity contribution in [2.24, 2.45) is 0 Å². The van der Waals surface area contributed by atoms with Crippen LogP contribution in [0.3, 0.4) is 0 Å². The molecular formula is C10H8BrNS2. The zero-order valence-corrected chi connectivity index (χ0v) is 10.8. The van der Waals surface area contributed by atoms with E-state index in [1.807, 2.05) is 25.1 Å². The number of thiol groups is 1. The zero-order valence-electron chi connectivity index (χ0n) is 7.49. The molecule has 0 aliphatic heterocycles. The molecule has 0 bridgehead atoms. The Morgan fingerprint density at radius 1 is 1.36 bits per heavy atom. The van der Waals surface area contributed by atoms with E-state index in [2.05, 4.69) is 39.6 Å². The molecule has 0 aliphatic rings. The van der Waals surface area contributed by atoms with Gasteiger partial charge < -0.3 is 0 Å². The summed E-state index contributed by atoms with van der Waals surface area (Å²) in [4.78, 5) is 4.45. The monoisotopic (exact) mass is 285 g/mol. The summed E-state index contributed by atoms with van der Waals surface area (Å²) in [6, 6.07) is 8.07. The van der Waals surface area contributed by atoms with Crippen molar-refractivity contribution in [2.75, 3.05) is 0 Å². The summed E-state index contributed by atoms with van der Waals surface area (Å²) >= 11 is 9.46. The number of hydrogen-bond acceptors (Lipinski definition) is 3. The first-order chi connectivity index (χ1) is 6.68. The molecule has 0 fully saturated rings. The zero-order chi connectivity index (χ0) is 10.1. The van der Waals surface area contributed by atoms with Crippen molar-refractivity contribution in [2.45, 2.75) is 11.1 Å². The number of rotatable bonds is 1. The van der Waals surface area contributed by atoms with Crippen LogP contribution in [0.4, 0.5) is 0 Å². The molecule has 0 spiro atoms. The van der Waals surface area contributed by atoms with Crippen LogP contribution in [0.5, 0.6) is 0 Å². The Bertz CT molecular complexity index is 445. The van der Waals surface area contributed by atoms with E-state index in [-0.39, 0.29) is 0 Å². The summed E-state index contributed by atoms with van der Waals surface area (Å²) in [6.07, 6.45) is 0. The highest BCUT2D eigenvalue weighted by atomic mass is 79.9. The Hall–Kier alpha value is -0.320. The molecule has 0 atom stereocenters. The van der Waals surface area contributed by atoms with Gasteiger partial charge in [0.15, 0.2) is 0 Å². The molecule has 1 nitrogen and oxygen atoms in total. The molecule has 1 aromatic carbocycles. The summed E-state index contributed by atoms with van der Waals surface area (Å²) in [5.41, 5.74) is 2.12. The molecule has 2 rings (SSSR count). The number of hydrogen-bond donors (Lipinski definition) is 1.